The predicted molar refractivity (Wildman–Crippen MR) is 75.8 cm³/mol. The van der Waals surface area contributed by atoms with E-state index in [4.69, 9.17) is 10.2 Å². The molecule has 0 saturated heterocycles. The standard InChI is InChI=1S/C16H17N3/c1-11-4-3-5-13-12(6-8-17)14-10-19(2)9-7-15(14)18-16(11)13/h3-5H,6-7,9-10H2,1-2H3. The molecule has 1 aromatic heterocycles. The number of aromatic nitrogens is 1. The summed E-state index contributed by atoms with van der Waals surface area (Å²) < 4.78 is 0. The van der Waals surface area contributed by atoms with Crippen LogP contribution in [0, 0.1) is 18.3 Å². The first-order valence-corrected chi connectivity index (χ1v) is 6.66. The van der Waals surface area contributed by atoms with Crippen LogP contribution in [0.4, 0.5) is 0 Å². The average molecular weight is 251 g/mol. The van der Waals surface area contributed by atoms with Crippen molar-refractivity contribution < 1.29 is 0 Å². The molecule has 0 fully saturated rings. The molecule has 19 heavy (non-hydrogen) atoms. The molecule has 96 valence electrons. The zero-order chi connectivity index (χ0) is 13.4. The van der Waals surface area contributed by atoms with Crippen LogP contribution in [-0.2, 0) is 19.4 Å². The lowest BCUT2D eigenvalue weighted by Gasteiger charge is -2.27. The van der Waals surface area contributed by atoms with Gasteiger partial charge in [-0.3, -0.25) is 4.98 Å². The minimum absolute atomic E-state index is 0.471. The maximum atomic E-state index is 9.13. The highest BCUT2D eigenvalue weighted by molar-refractivity contribution is 5.86. The minimum Gasteiger partial charge on any atom is -0.302 e. The van der Waals surface area contributed by atoms with Crippen LogP contribution >= 0.6 is 0 Å². The summed E-state index contributed by atoms with van der Waals surface area (Å²) in [5, 5.41) is 10.3. The fourth-order valence-corrected chi connectivity index (χ4v) is 2.91. The SMILES string of the molecule is Cc1cccc2c(CC#N)c3c(nc12)CCN(C)C3. The third-order valence-electron chi connectivity index (χ3n) is 3.94. The van der Waals surface area contributed by atoms with Crippen molar-refractivity contribution in [2.24, 2.45) is 0 Å². The number of nitrogens with zero attached hydrogens (tertiary/aromatic N) is 3. The van der Waals surface area contributed by atoms with Gasteiger partial charge < -0.3 is 4.90 Å². The molecule has 0 radical (unpaired) electrons. The van der Waals surface area contributed by atoms with Gasteiger partial charge in [0.1, 0.15) is 0 Å². The van der Waals surface area contributed by atoms with Gasteiger partial charge in [-0.1, -0.05) is 18.2 Å². The van der Waals surface area contributed by atoms with E-state index in [9.17, 15) is 0 Å². The summed E-state index contributed by atoms with van der Waals surface area (Å²) >= 11 is 0. The summed E-state index contributed by atoms with van der Waals surface area (Å²) in [4.78, 5) is 7.15. The topological polar surface area (TPSA) is 39.9 Å². The van der Waals surface area contributed by atoms with Crippen molar-refractivity contribution in [2.75, 3.05) is 13.6 Å². The van der Waals surface area contributed by atoms with Gasteiger partial charge in [0, 0.05) is 30.6 Å². The monoisotopic (exact) mass is 251 g/mol. The van der Waals surface area contributed by atoms with Crippen LogP contribution in [0.1, 0.15) is 22.4 Å². The summed E-state index contributed by atoms with van der Waals surface area (Å²) in [6, 6.07) is 8.55. The second-order valence-corrected chi connectivity index (χ2v) is 5.31. The molecule has 0 N–H and O–H groups in total. The first-order valence-electron chi connectivity index (χ1n) is 6.66. The van der Waals surface area contributed by atoms with Crippen molar-refractivity contribution in [1.29, 1.82) is 5.26 Å². The maximum absolute atomic E-state index is 9.13. The van der Waals surface area contributed by atoms with Gasteiger partial charge in [0.2, 0.25) is 0 Å². The molecule has 0 amide bonds. The number of pyridine rings is 1. The zero-order valence-corrected chi connectivity index (χ0v) is 11.4. The van der Waals surface area contributed by atoms with Crippen LogP contribution < -0.4 is 0 Å². The third kappa shape index (κ3) is 1.98. The lowest BCUT2D eigenvalue weighted by molar-refractivity contribution is 0.309. The molecule has 1 aliphatic rings. The fraction of sp³-hybridized carbons (Fsp3) is 0.375. The van der Waals surface area contributed by atoms with Crippen LogP contribution in [0.3, 0.4) is 0 Å². The number of benzene rings is 1. The van der Waals surface area contributed by atoms with Crippen molar-refractivity contribution >= 4 is 10.9 Å². The van der Waals surface area contributed by atoms with Crippen molar-refractivity contribution in [3.05, 3.63) is 40.6 Å². The number of fused-ring (bicyclic) bond motifs is 2. The second-order valence-electron chi connectivity index (χ2n) is 5.31. The van der Waals surface area contributed by atoms with Crippen LogP contribution in [0.25, 0.3) is 10.9 Å². The first-order chi connectivity index (χ1) is 9.20. The zero-order valence-electron chi connectivity index (χ0n) is 11.4. The van der Waals surface area contributed by atoms with E-state index in [1.165, 1.54) is 22.4 Å². The van der Waals surface area contributed by atoms with Crippen molar-refractivity contribution in [3.63, 3.8) is 0 Å². The molecule has 0 spiro atoms. The Morgan fingerprint density at radius 1 is 1.42 bits per heavy atom. The Balaban J connectivity index is 2.34. The molecule has 3 heteroatoms. The molecule has 2 heterocycles. The summed E-state index contributed by atoms with van der Waals surface area (Å²) in [6.07, 6.45) is 1.45. The van der Waals surface area contributed by atoms with E-state index in [0.717, 1.165) is 30.4 Å². The lowest BCUT2D eigenvalue weighted by atomic mass is 9.93. The van der Waals surface area contributed by atoms with Gasteiger partial charge in [-0.05, 0) is 30.7 Å². The van der Waals surface area contributed by atoms with Gasteiger partial charge in [-0.25, -0.2) is 0 Å². The van der Waals surface area contributed by atoms with Crippen LogP contribution in [0.2, 0.25) is 0 Å². The van der Waals surface area contributed by atoms with Crippen molar-refractivity contribution in [3.8, 4) is 6.07 Å². The van der Waals surface area contributed by atoms with E-state index in [1.54, 1.807) is 0 Å². The van der Waals surface area contributed by atoms with Crippen molar-refractivity contribution in [1.82, 2.24) is 9.88 Å². The summed E-state index contributed by atoms with van der Waals surface area (Å²) in [5.74, 6) is 0. The van der Waals surface area contributed by atoms with E-state index < -0.39 is 0 Å². The first kappa shape index (κ1) is 12.1. The number of hydrogen-bond acceptors (Lipinski definition) is 3. The Kier molecular flexibility index (Phi) is 2.96. The van der Waals surface area contributed by atoms with Gasteiger partial charge in [0.05, 0.1) is 18.0 Å². The molecule has 0 saturated carbocycles. The summed E-state index contributed by atoms with van der Waals surface area (Å²) in [7, 11) is 2.12. The van der Waals surface area contributed by atoms with Gasteiger partial charge in [0.25, 0.3) is 0 Å². The number of para-hydroxylation sites is 1. The van der Waals surface area contributed by atoms with E-state index >= 15 is 0 Å². The highest BCUT2D eigenvalue weighted by Gasteiger charge is 2.20. The average Bonchev–Trinajstić information content (AvgIpc) is 2.40. The Morgan fingerprint density at radius 2 is 2.26 bits per heavy atom. The Hall–Kier alpha value is -1.92. The normalized spacial score (nSPS) is 15.2. The molecular weight excluding hydrogens is 234 g/mol. The van der Waals surface area contributed by atoms with Crippen LogP contribution in [-0.4, -0.2) is 23.5 Å². The minimum atomic E-state index is 0.471. The van der Waals surface area contributed by atoms with E-state index in [2.05, 4.69) is 43.1 Å². The highest BCUT2D eigenvalue weighted by atomic mass is 15.1. The van der Waals surface area contributed by atoms with Gasteiger partial charge in [-0.2, -0.15) is 5.26 Å². The largest absolute Gasteiger partial charge is 0.302 e. The molecule has 0 atom stereocenters. The maximum Gasteiger partial charge on any atom is 0.0737 e. The summed E-state index contributed by atoms with van der Waals surface area (Å²) in [5.41, 5.74) is 5.89. The second kappa shape index (κ2) is 4.64. The van der Waals surface area contributed by atoms with Gasteiger partial charge in [-0.15, -0.1) is 0 Å². The highest BCUT2D eigenvalue weighted by Crippen LogP contribution is 2.29. The fourth-order valence-electron chi connectivity index (χ4n) is 2.91. The van der Waals surface area contributed by atoms with E-state index in [1.807, 2.05) is 0 Å². The Labute approximate surface area is 113 Å². The molecule has 1 aliphatic heterocycles. The van der Waals surface area contributed by atoms with Crippen molar-refractivity contribution in [2.45, 2.75) is 26.3 Å². The molecule has 2 aromatic rings. The third-order valence-corrected chi connectivity index (χ3v) is 3.94. The molecule has 3 rings (SSSR count). The van der Waals surface area contributed by atoms with Gasteiger partial charge >= 0.3 is 0 Å². The number of likely N-dealkylation sites (N-methyl/N-ethyl adjacent to an activating group) is 1. The molecule has 0 bridgehead atoms. The van der Waals surface area contributed by atoms with E-state index in [-0.39, 0.29) is 0 Å². The number of hydrogen-bond donors (Lipinski definition) is 0. The van der Waals surface area contributed by atoms with Crippen LogP contribution in [0.5, 0.6) is 0 Å². The Bertz CT molecular complexity index is 682. The number of nitriles is 1. The molecular formula is C16H17N3. The molecule has 0 unspecified atom stereocenters. The smallest absolute Gasteiger partial charge is 0.0737 e. The quantitative estimate of drug-likeness (QED) is 0.782. The van der Waals surface area contributed by atoms with Gasteiger partial charge in [0.15, 0.2) is 0 Å². The molecule has 3 nitrogen and oxygen atoms in total. The lowest BCUT2D eigenvalue weighted by Crippen LogP contribution is -2.28. The molecule has 0 aliphatic carbocycles. The number of rotatable bonds is 1. The van der Waals surface area contributed by atoms with Crippen LogP contribution in [0.15, 0.2) is 18.2 Å². The molecule has 1 aromatic carbocycles. The summed E-state index contributed by atoms with van der Waals surface area (Å²) in [6.45, 7) is 4.04. The Morgan fingerprint density at radius 3 is 3.05 bits per heavy atom. The predicted octanol–water partition coefficient (Wildman–Crippen LogP) is 2.60. The van der Waals surface area contributed by atoms with E-state index in [0.29, 0.717) is 6.42 Å². The number of aryl methyl sites for hydroxylation is 1.